The number of carbonyl (C=O) groups excluding carboxylic acids is 4. The average Bonchev–Trinajstić information content (AvgIpc) is 4.09. The van der Waals surface area contributed by atoms with Gasteiger partial charge in [0.05, 0.1) is 27.8 Å². The fraction of sp³-hybridized carbons (Fsp3) is 0.471. The molecular weight excluding hydrogens is 887 g/mol. The van der Waals surface area contributed by atoms with Gasteiger partial charge in [-0.15, -0.1) is 0 Å². The van der Waals surface area contributed by atoms with Crippen molar-refractivity contribution in [3.05, 3.63) is 89.4 Å². The zero-order valence-electron chi connectivity index (χ0n) is 40.4. The Hall–Kier alpha value is -6.99. The van der Waals surface area contributed by atoms with Crippen LogP contribution in [-0.4, -0.2) is 152 Å². The molecule has 3 N–H and O–H groups in total. The lowest BCUT2D eigenvalue weighted by molar-refractivity contribution is -0.125. The van der Waals surface area contributed by atoms with Gasteiger partial charge in [0.2, 0.25) is 11.9 Å². The van der Waals surface area contributed by atoms with Crippen LogP contribution in [0.15, 0.2) is 78.3 Å². The Kier molecular flexibility index (Phi) is 11.7. The van der Waals surface area contributed by atoms with Crippen LogP contribution in [0.2, 0.25) is 0 Å². The number of aromatic nitrogens is 7. The lowest BCUT2D eigenvalue weighted by atomic mass is 9.89. The number of likely N-dealkylation sites (tertiary alicyclic amines) is 1. The molecule has 0 radical (unpaired) electrons. The molecule has 19 nitrogen and oxygen atoms in total. The maximum atomic E-state index is 13.9. The summed E-state index contributed by atoms with van der Waals surface area (Å²) >= 11 is 0. The number of carbonyl (C=O) groups is 4. The first kappa shape index (κ1) is 45.5. The van der Waals surface area contributed by atoms with Gasteiger partial charge in [-0.25, -0.2) is 9.67 Å². The van der Waals surface area contributed by atoms with Crippen LogP contribution in [0.4, 0.5) is 23.1 Å². The van der Waals surface area contributed by atoms with Crippen molar-refractivity contribution in [1.82, 2.24) is 55.4 Å². The molecule has 0 saturated carbocycles. The van der Waals surface area contributed by atoms with E-state index >= 15 is 0 Å². The number of amides is 4. The topological polar surface area (TPSA) is 197 Å². The van der Waals surface area contributed by atoms with Crippen LogP contribution in [-0.2, 0) is 15.1 Å². The molecule has 4 amide bonds. The summed E-state index contributed by atoms with van der Waals surface area (Å²) in [7, 11) is 1.86. The van der Waals surface area contributed by atoms with Gasteiger partial charge in [-0.3, -0.25) is 34.1 Å². The Labute approximate surface area is 406 Å². The van der Waals surface area contributed by atoms with Gasteiger partial charge in [-0.1, -0.05) is 11.7 Å². The highest BCUT2D eigenvalue weighted by molar-refractivity contribution is 6.23. The largest absolute Gasteiger partial charge is 0.371 e. The van der Waals surface area contributed by atoms with E-state index < -0.39 is 17.5 Å². The predicted molar refractivity (Wildman–Crippen MR) is 266 cm³/mol. The highest BCUT2D eigenvalue weighted by Gasteiger charge is 2.45. The van der Waals surface area contributed by atoms with Gasteiger partial charge in [0.15, 0.2) is 0 Å². The van der Waals surface area contributed by atoms with Crippen LogP contribution in [0.25, 0.3) is 22.2 Å². The number of hydrogen-bond donors (Lipinski definition) is 3. The van der Waals surface area contributed by atoms with E-state index in [0.29, 0.717) is 58.7 Å². The lowest BCUT2D eigenvalue weighted by Crippen LogP contribution is -2.51. The molecule has 70 heavy (non-hydrogen) atoms. The molecule has 5 aromatic rings. The number of tetrazole rings is 1. The minimum Gasteiger partial charge on any atom is -0.371 e. The molecule has 6 aliphatic heterocycles. The number of nitrogens with zero attached hydrogens (tertiary/aromatic N) is 12. The fourth-order valence-electron chi connectivity index (χ4n) is 11.7. The van der Waals surface area contributed by atoms with Crippen LogP contribution >= 0.6 is 0 Å². The van der Waals surface area contributed by atoms with E-state index in [1.54, 1.807) is 10.7 Å². The van der Waals surface area contributed by atoms with E-state index in [0.717, 1.165) is 123 Å². The number of piperidine rings is 3. The highest BCUT2D eigenvalue weighted by atomic mass is 16.2. The van der Waals surface area contributed by atoms with Crippen LogP contribution in [0, 0.1) is 11.8 Å². The zero-order valence-corrected chi connectivity index (χ0v) is 40.4. The number of allylic oxidation sites excluding steroid dienone is 2. The molecular formula is C51H61N15O4. The van der Waals surface area contributed by atoms with Gasteiger partial charge in [0.25, 0.3) is 17.7 Å². The van der Waals surface area contributed by atoms with Gasteiger partial charge in [0.1, 0.15) is 17.6 Å². The monoisotopic (exact) mass is 948 g/mol. The molecule has 0 bridgehead atoms. The average molecular weight is 948 g/mol. The summed E-state index contributed by atoms with van der Waals surface area (Å²) in [5.74, 6) is 1.51. The van der Waals surface area contributed by atoms with Crippen LogP contribution in [0.1, 0.15) is 80.0 Å². The summed E-state index contributed by atoms with van der Waals surface area (Å²) in [5.41, 5.74) is 6.26. The highest BCUT2D eigenvalue weighted by Crippen LogP contribution is 2.39. The van der Waals surface area contributed by atoms with E-state index in [-0.39, 0.29) is 17.7 Å². The Morgan fingerprint density at radius 1 is 0.829 bits per heavy atom. The van der Waals surface area contributed by atoms with Crippen molar-refractivity contribution in [3.63, 3.8) is 0 Å². The zero-order chi connectivity index (χ0) is 48.4. The SMILES string of the molecule is C=C1CCC(N2C(=O)c3ccc(N4CCC(CN5CCC(CN6CCN(c7cc(-c8n[nH]c9ccc(NC(=O)C%10=C(C)N(C)c%11nnnn%11C%10(C)C)cc89)ccn7)CC6)CC5)CC4)cc3C2=O)C(=O)N1. The lowest BCUT2D eigenvalue weighted by Gasteiger charge is -2.41. The molecule has 3 aromatic heterocycles. The van der Waals surface area contributed by atoms with E-state index in [9.17, 15) is 19.2 Å². The second-order valence-electron chi connectivity index (χ2n) is 20.5. The number of anilines is 4. The van der Waals surface area contributed by atoms with Crippen LogP contribution in [0.5, 0.6) is 0 Å². The number of H-pyrrole nitrogens is 1. The first-order valence-corrected chi connectivity index (χ1v) is 24.8. The molecule has 1 unspecified atom stereocenters. The Morgan fingerprint density at radius 3 is 2.29 bits per heavy atom. The Morgan fingerprint density at radius 2 is 1.54 bits per heavy atom. The van der Waals surface area contributed by atoms with E-state index in [1.165, 1.54) is 12.8 Å². The molecule has 4 saturated heterocycles. The third kappa shape index (κ3) is 8.27. The van der Waals surface area contributed by atoms with Crippen LogP contribution in [0.3, 0.4) is 0 Å². The Balaban J connectivity index is 0.638. The number of nitrogens with one attached hydrogen (secondary N) is 3. The van der Waals surface area contributed by atoms with Gasteiger partial charge >= 0.3 is 0 Å². The number of pyridine rings is 1. The van der Waals surface area contributed by atoms with Gasteiger partial charge in [-0.05, 0) is 143 Å². The smallest absolute Gasteiger partial charge is 0.262 e. The third-order valence-electron chi connectivity index (χ3n) is 15.8. The molecule has 11 rings (SSSR count). The molecule has 0 aliphatic carbocycles. The fourth-order valence-corrected chi connectivity index (χ4v) is 11.7. The molecule has 1 atom stereocenters. The summed E-state index contributed by atoms with van der Waals surface area (Å²) in [6.07, 6.45) is 7.41. The number of piperazine rings is 1. The van der Waals surface area contributed by atoms with E-state index in [1.807, 2.05) is 75.3 Å². The Bertz CT molecular complexity index is 2930. The third-order valence-corrected chi connectivity index (χ3v) is 15.8. The quantitative estimate of drug-likeness (QED) is 0.161. The van der Waals surface area contributed by atoms with Crippen molar-refractivity contribution in [2.24, 2.45) is 11.8 Å². The number of aromatic amines is 1. The standard InChI is InChI=1S/C51H61N15O4/c1-31-6-11-42(46(67)53-31)65-48(69)38-9-8-37(28-39(38)49(65)70)63-20-15-34(16-21-63)29-61-18-13-33(14-19-61)30-62-22-24-64(25-23-62)43-26-35(12-17-52-43)45-40-27-36(7-10-41(40)55-56-45)54-47(68)44-32(2)60(5)50-57-58-59-66(50)51(44,3)4/h7-10,12,17,26-28,33-34,42H,1,6,11,13-16,18-25,29-30H2,2-5H3,(H,53,67)(H,54,68)(H,55,56). The molecule has 9 heterocycles. The van der Waals surface area contributed by atoms with Crippen molar-refractivity contribution < 1.29 is 19.2 Å². The van der Waals surface area contributed by atoms with E-state index in [2.05, 4.69) is 63.5 Å². The number of imide groups is 1. The molecule has 2 aromatic carbocycles. The molecule has 6 aliphatic rings. The second kappa shape index (κ2) is 18.1. The molecule has 4 fully saturated rings. The predicted octanol–water partition coefficient (Wildman–Crippen LogP) is 4.85. The number of rotatable bonds is 10. The van der Waals surface area contributed by atoms with Crippen molar-refractivity contribution in [2.75, 3.05) is 92.5 Å². The minimum absolute atomic E-state index is 0.217. The van der Waals surface area contributed by atoms with Crippen molar-refractivity contribution in [2.45, 2.75) is 70.9 Å². The molecule has 19 heteroatoms. The number of hydrogen-bond acceptors (Lipinski definition) is 14. The maximum absolute atomic E-state index is 13.9. The maximum Gasteiger partial charge on any atom is 0.262 e. The van der Waals surface area contributed by atoms with Crippen molar-refractivity contribution in [3.8, 4) is 11.3 Å². The first-order valence-electron chi connectivity index (χ1n) is 24.8. The van der Waals surface area contributed by atoms with Crippen molar-refractivity contribution in [1.29, 1.82) is 0 Å². The summed E-state index contributed by atoms with van der Waals surface area (Å²) in [6.45, 7) is 19.8. The van der Waals surface area contributed by atoms with Crippen molar-refractivity contribution >= 4 is 57.7 Å². The normalized spacial score (nSPS) is 21.7. The summed E-state index contributed by atoms with van der Waals surface area (Å²) in [4.78, 5) is 71.1. The van der Waals surface area contributed by atoms with E-state index in [4.69, 9.17) is 10.1 Å². The summed E-state index contributed by atoms with van der Waals surface area (Å²) in [6, 6.07) is 14.7. The molecule has 364 valence electrons. The number of fused-ring (bicyclic) bond motifs is 3. The second-order valence-corrected chi connectivity index (χ2v) is 20.5. The summed E-state index contributed by atoms with van der Waals surface area (Å²) in [5, 5.41) is 26.8. The van der Waals surface area contributed by atoms with Gasteiger partial charge in [-0.2, -0.15) is 5.10 Å². The summed E-state index contributed by atoms with van der Waals surface area (Å²) < 4.78 is 1.68. The minimum atomic E-state index is -0.803. The van der Waals surface area contributed by atoms with Gasteiger partial charge < -0.3 is 30.2 Å². The van der Waals surface area contributed by atoms with Gasteiger partial charge in [0, 0.05) is 99.3 Å². The molecule has 0 spiro atoms. The van der Waals surface area contributed by atoms with Crippen LogP contribution < -0.4 is 25.3 Å². The first-order chi connectivity index (χ1) is 33.8. The number of benzene rings is 2.